The second-order valence-corrected chi connectivity index (χ2v) is 5.33. The van der Waals surface area contributed by atoms with Crippen LogP contribution in [0, 0.1) is 5.82 Å². The van der Waals surface area contributed by atoms with Gasteiger partial charge in [-0.25, -0.2) is 4.39 Å². The fraction of sp³-hybridized carbons (Fsp3) is 0.500. The van der Waals surface area contributed by atoms with E-state index in [0.717, 1.165) is 12.0 Å². The molecule has 92 valence electrons. The molecule has 0 amide bonds. The fourth-order valence-corrected chi connectivity index (χ4v) is 2.19. The number of rotatable bonds is 2. The Morgan fingerprint density at radius 2 is 1.94 bits per heavy atom. The van der Waals surface area contributed by atoms with Crippen molar-refractivity contribution in [1.29, 1.82) is 0 Å². The molecule has 0 aromatic heterocycles. The lowest BCUT2D eigenvalue weighted by Gasteiger charge is -2.41. The van der Waals surface area contributed by atoms with Gasteiger partial charge in [0.1, 0.15) is 11.6 Å². The second-order valence-electron chi connectivity index (χ2n) is 5.33. The Kier molecular flexibility index (Phi) is 3.29. The van der Waals surface area contributed by atoms with Gasteiger partial charge in [0.25, 0.3) is 0 Å². The highest BCUT2D eigenvalue weighted by atomic mass is 19.1. The number of nitrogens with zero attached hydrogens (tertiary/aromatic N) is 1. The summed E-state index contributed by atoms with van der Waals surface area (Å²) in [4.78, 5) is 13.7. The SMILES string of the molecule is CC1(C)CCC(=O)CN1Cc1ccc(F)cc1. The van der Waals surface area contributed by atoms with Gasteiger partial charge in [-0.15, -0.1) is 0 Å². The lowest BCUT2D eigenvalue weighted by molar-refractivity contribution is -0.126. The third kappa shape index (κ3) is 2.91. The minimum absolute atomic E-state index is 0.0439. The topological polar surface area (TPSA) is 20.3 Å². The normalized spacial score (nSPS) is 20.5. The van der Waals surface area contributed by atoms with E-state index in [2.05, 4.69) is 18.7 Å². The first-order chi connectivity index (χ1) is 7.97. The maximum absolute atomic E-state index is 12.8. The molecule has 0 spiro atoms. The van der Waals surface area contributed by atoms with Crippen molar-refractivity contribution in [3.05, 3.63) is 35.6 Å². The summed E-state index contributed by atoms with van der Waals surface area (Å²) in [5.41, 5.74) is 1.09. The average molecular weight is 235 g/mol. The van der Waals surface area contributed by atoms with E-state index in [0.29, 0.717) is 25.3 Å². The molecule has 0 unspecified atom stereocenters. The van der Waals surface area contributed by atoms with Crippen LogP contribution in [-0.2, 0) is 11.3 Å². The molecule has 0 N–H and O–H groups in total. The van der Waals surface area contributed by atoms with E-state index in [4.69, 9.17) is 0 Å². The molecule has 1 heterocycles. The Bertz CT molecular complexity index is 411. The van der Waals surface area contributed by atoms with Gasteiger partial charge in [-0.1, -0.05) is 12.1 Å². The summed E-state index contributed by atoms with van der Waals surface area (Å²) in [6.45, 7) is 5.52. The molecule has 1 fully saturated rings. The molecule has 0 aliphatic carbocycles. The fourth-order valence-electron chi connectivity index (χ4n) is 2.19. The smallest absolute Gasteiger partial charge is 0.146 e. The van der Waals surface area contributed by atoms with Crippen LogP contribution in [0.1, 0.15) is 32.3 Å². The molecule has 0 bridgehead atoms. The number of ketones is 1. The van der Waals surface area contributed by atoms with Crippen molar-refractivity contribution < 1.29 is 9.18 Å². The molecule has 0 radical (unpaired) electrons. The molecule has 17 heavy (non-hydrogen) atoms. The zero-order valence-electron chi connectivity index (χ0n) is 10.4. The molecule has 1 aromatic carbocycles. The van der Waals surface area contributed by atoms with E-state index in [1.807, 2.05) is 0 Å². The van der Waals surface area contributed by atoms with Crippen LogP contribution >= 0.6 is 0 Å². The highest BCUT2D eigenvalue weighted by Gasteiger charge is 2.32. The minimum Gasteiger partial charge on any atom is -0.298 e. The van der Waals surface area contributed by atoms with E-state index in [-0.39, 0.29) is 11.4 Å². The third-order valence-electron chi connectivity index (χ3n) is 3.53. The molecule has 2 nitrogen and oxygen atoms in total. The minimum atomic E-state index is -0.220. The monoisotopic (exact) mass is 235 g/mol. The van der Waals surface area contributed by atoms with Crippen LogP contribution in [0.2, 0.25) is 0 Å². The van der Waals surface area contributed by atoms with Gasteiger partial charge < -0.3 is 0 Å². The van der Waals surface area contributed by atoms with Gasteiger partial charge in [-0.05, 0) is 38.0 Å². The van der Waals surface area contributed by atoms with Crippen LogP contribution in [0.25, 0.3) is 0 Å². The van der Waals surface area contributed by atoms with Gasteiger partial charge >= 0.3 is 0 Å². The molecule has 3 heteroatoms. The first-order valence-electron chi connectivity index (χ1n) is 5.98. The van der Waals surface area contributed by atoms with E-state index in [1.54, 1.807) is 12.1 Å². The van der Waals surface area contributed by atoms with Gasteiger partial charge in [0.15, 0.2) is 0 Å². The van der Waals surface area contributed by atoms with Crippen molar-refractivity contribution in [2.45, 2.75) is 38.8 Å². The number of piperidine rings is 1. The Morgan fingerprint density at radius 1 is 1.29 bits per heavy atom. The van der Waals surface area contributed by atoms with Gasteiger partial charge in [0.05, 0.1) is 6.54 Å². The number of hydrogen-bond acceptors (Lipinski definition) is 2. The Morgan fingerprint density at radius 3 is 2.59 bits per heavy atom. The van der Waals surface area contributed by atoms with Crippen molar-refractivity contribution in [1.82, 2.24) is 4.90 Å². The van der Waals surface area contributed by atoms with Crippen LogP contribution in [0.4, 0.5) is 4.39 Å². The zero-order chi connectivity index (χ0) is 12.5. The van der Waals surface area contributed by atoms with Crippen LogP contribution in [0.5, 0.6) is 0 Å². The van der Waals surface area contributed by atoms with Crippen LogP contribution in [-0.4, -0.2) is 22.8 Å². The van der Waals surface area contributed by atoms with Crippen LogP contribution in [0.3, 0.4) is 0 Å². The van der Waals surface area contributed by atoms with E-state index >= 15 is 0 Å². The van der Waals surface area contributed by atoms with Gasteiger partial charge in [-0.3, -0.25) is 9.69 Å². The quantitative estimate of drug-likeness (QED) is 0.785. The molecular weight excluding hydrogens is 217 g/mol. The third-order valence-corrected chi connectivity index (χ3v) is 3.53. The maximum atomic E-state index is 12.8. The molecule has 1 aromatic rings. The Balaban J connectivity index is 2.10. The summed E-state index contributed by atoms with van der Waals surface area (Å²) < 4.78 is 12.8. The van der Waals surface area contributed by atoms with Gasteiger partial charge in [-0.2, -0.15) is 0 Å². The number of halogens is 1. The molecular formula is C14H18FNO. The predicted octanol–water partition coefficient (Wildman–Crippen LogP) is 2.77. The van der Waals surface area contributed by atoms with Crippen LogP contribution < -0.4 is 0 Å². The largest absolute Gasteiger partial charge is 0.298 e. The lowest BCUT2D eigenvalue weighted by Crippen LogP contribution is -2.50. The Hall–Kier alpha value is -1.22. The van der Waals surface area contributed by atoms with Crippen molar-refractivity contribution in [3.8, 4) is 0 Å². The zero-order valence-corrected chi connectivity index (χ0v) is 10.4. The standard InChI is InChI=1S/C14H18FNO/c1-14(2)8-7-13(17)10-16(14)9-11-3-5-12(15)6-4-11/h3-6H,7-10H2,1-2H3. The highest BCUT2D eigenvalue weighted by molar-refractivity contribution is 5.81. The number of likely N-dealkylation sites (tertiary alicyclic amines) is 1. The van der Waals surface area contributed by atoms with E-state index in [1.165, 1.54) is 12.1 Å². The maximum Gasteiger partial charge on any atom is 0.146 e. The van der Waals surface area contributed by atoms with E-state index < -0.39 is 0 Å². The molecule has 0 saturated carbocycles. The summed E-state index contributed by atoms with van der Waals surface area (Å²) in [5.74, 6) is 0.0779. The van der Waals surface area contributed by atoms with Gasteiger partial charge in [0.2, 0.25) is 0 Å². The number of carbonyl (C=O) groups is 1. The molecule has 1 aliphatic rings. The average Bonchev–Trinajstić information content (AvgIpc) is 2.27. The summed E-state index contributed by atoms with van der Waals surface area (Å²) in [6, 6.07) is 6.50. The molecule has 1 aliphatic heterocycles. The first kappa shape index (κ1) is 12.2. The van der Waals surface area contributed by atoms with Crippen molar-refractivity contribution >= 4 is 5.78 Å². The van der Waals surface area contributed by atoms with Gasteiger partial charge in [0, 0.05) is 18.5 Å². The number of benzene rings is 1. The van der Waals surface area contributed by atoms with Crippen molar-refractivity contribution in [2.75, 3.05) is 6.54 Å². The van der Waals surface area contributed by atoms with Crippen molar-refractivity contribution in [3.63, 3.8) is 0 Å². The number of carbonyl (C=O) groups excluding carboxylic acids is 1. The summed E-state index contributed by atoms with van der Waals surface area (Å²) in [5, 5.41) is 0. The predicted molar refractivity (Wildman–Crippen MR) is 65.1 cm³/mol. The number of Topliss-reactive ketones (excluding diaryl/α,β-unsaturated/α-hetero) is 1. The highest BCUT2D eigenvalue weighted by Crippen LogP contribution is 2.27. The van der Waals surface area contributed by atoms with E-state index in [9.17, 15) is 9.18 Å². The summed E-state index contributed by atoms with van der Waals surface area (Å²) in [6.07, 6.45) is 1.57. The lowest BCUT2D eigenvalue weighted by atomic mass is 9.89. The van der Waals surface area contributed by atoms with Crippen LogP contribution in [0.15, 0.2) is 24.3 Å². The number of hydrogen-bond donors (Lipinski definition) is 0. The van der Waals surface area contributed by atoms with Crippen molar-refractivity contribution in [2.24, 2.45) is 0 Å². The summed E-state index contributed by atoms with van der Waals surface area (Å²) >= 11 is 0. The molecule has 0 atom stereocenters. The molecule has 1 saturated heterocycles. The Labute approximate surface area is 101 Å². The summed E-state index contributed by atoms with van der Waals surface area (Å²) in [7, 11) is 0. The second kappa shape index (κ2) is 4.57. The molecule has 2 rings (SSSR count). The first-order valence-corrected chi connectivity index (χ1v) is 5.98.